The first-order valence-electron chi connectivity index (χ1n) is 10.4. The molecule has 0 unspecified atom stereocenters. The molecule has 3 rings (SSSR count). The molecule has 0 bridgehead atoms. The fourth-order valence-electron chi connectivity index (χ4n) is 3.63. The largest absolute Gasteiger partial charge is 0.494 e. The number of nitrogens with zero attached hydrogens (tertiary/aromatic N) is 1. The number of carbonyl (C=O) groups is 1. The molecule has 8 nitrogen and oxygen atoms in total. The van der Waals surface area contributed by atoms with E-state index in [0.717, 1.165) is 5.56 Å². The third kappa shape index (κ3) is 5.90. The average Bonchev–Trinajstić information content (AvgIpc) is 3.12. The summed E-state index contributed by atoms with van der Waals surface area (Å²) in [5.41, 5.74) is 7.46. The van der Waals surface area contributed by atoms with Crippen LogP contribution in [0.2, 0.25) is 0 Å². The van der Waals surface area contributed by atoms with Gasteiger partial charge < -0.3 is 20.9 Å². The lowest BCUT2D eigenvalue weighted by Crippen LogP contribution is -2.47. The van der Waals surface area contributed by atoms with E-state index in [1.165, 1.54) is 4.31 Å². The van der Waals surface area contributed by atoms with Gasteiger partial charge in [-0.2, -0.15) is 0 Å². The summed E-state index contributed by atoms with van der Waals surface area (Å²) in [5, 5.41) is 13.3. The molecular formula is C22H31N3O5S. The van der Waals surface area contributed by atoms with E-state index in [-0.39, 0.29) is 6.54 Å². The smallest absolute Gasteiger partial charge is 0.251 e. The minimum atomic E-state index is -2.91. The lowest BCUT2D eigenvalue weighted by atomic mass is 10.0. The van der Waals surface area contributed by atoms with Crippen LogP contribution in [0.4, 0.5) is 5.69 Å². The Bertz CT molecular complexity index is 881. The minimum Gasteiger partial charge on any atom is -0.494 e. The Balaban J connectivity index is 1.86. The van der Waals surface area contributed by atoms with Crippen molar-refractivity contribution in [2.75, 3.05) is 29.8 Å². The van der Waals surface area contributed by atoms with E-state index in [4.69, 9.17) is 10.5 Å². The van der Waals surface area contributed by atoms with Crippen molar-refractivity contribution >= 4 is 22.4 Å². The molecule has 0 aliphatic carbocycles. The van der Waals surface area contributed by atoms with Crippen molar-refractivity contribution in [3.05, 3.63) is 59.7 Å². The molecular weight excluding hydrogens is 418 g/mol. The SMILES string of the molecule is CCOc1cc(C(=O)N[C@@H](Cc2ccccc2)[C@H](O)CN)cc(N2CCCS2(O)O)c1. The summed E-state index contributed by atoms with van der Waals surface area (Å²) in [7, 11) is -2.91. The lowest BCUT2D eigenvalue weighted by Gasteiger charge is -2.38. The molecule has 1 fully saturated rings. The Morgan fingerprint density at radius 2 is 2.00 bits per heavy atom. The quantitative estimate of drug-likeness (QED) is 0.398. The van der Waals surface area contributed by atoms with Gasteiger partial charge in [-0.1, -0.05) is 30.3 Å². The zero-order chi connectivity index (χ0) is 22.4. The fraction of sp³-hybridized carbons (Fsp3) is 0.409. The van der Waals surface area contributed by atoms with Gasteiger partial charge in [-0.05, 0) is 37.5 Å². The van der Waals surface area contributed by atoms with E-state index in [1.54, 1.807) is 18.2 Å². The van der Waals surface area contributed by atoms with E-state index in [2.05, 4.69) is 5.32 Å². The van der Waals surface area contributed by atoms with Gasteiger partial charge in [0.05, 0.1) is 30.2 Å². The standard InChI is InChI=1S/C22H31N3O5S/c1-2-30-19-13-17(12-18(14-19)25-9-6-10-31(25,28)29)22(27)24-20(21(26)15-23)11-16-7-4-3-5-8-16/h3-5,7-8,12-14,20-21,26,28-29H,2,6,9-11,15,23H2,1H3,(H,24,27)/t20-,21+/m0/s1. The van der Waals surface area contributed by atoms with Gasteiger partial charge in [0.1, 0.15) is 5.75 Å². The van der Waals surface area contributed by atoms with Crippen LogP contribution in [-0.2, 0) is 6.42 Å². The van der Waals surface area contributed by atoms with Crippen molar-refractivity contribution in [1.82, 2.24) is 5.32 Å². The van der Waals surface area contributed by atoms with Gasteiger partial charge in [0.2, 0.25) is 0 Å². The molecule has 6 N–H and O–H groups in total. The van der Waals surface area contributed by atoms with Crippen LogP contribution in [0.25, 0.3) is 0 Å². The maximum Gasteiger partial charge on any atom is 0.251 e. The first-order chi connectivity index (χ1) is 14.8. The van der Waals surface area contributed by atoms with Crippen molar-refractivity contribution in [3.8, 4) is 5.75 Å². The van der Waals surface area contributed by atoms with Gasteiger partial charge in [0.25, 0.3) is 5.91 Å². The predicted octanol–water partition coefficient (Wildman–Crippen LogP) is 2.62. The van der Waals surface area contributed by atoms with Crippen molar-refractivity contribution in [2.45, 2.75) is 31.9 Å². The number of amides is 1. The third-order valence-corrected chi connectivity index (χ3v) is 7.14. The molecule has 1 amide bonds. The van der Waals surface area contributed by atoms with Crippen LogP contribution in [0.5, 0.6) is 5.75 Å². The number of carbonyl (C=O) groups excluding carboxylic acids is 1. The van der Waals surface area contributed by atoms with Gasteiger partial charge in [-0.25, -0.2) is 0 Å². The van der Waals surface area contributed by atoms with Crippen LogP contribution >= 0.6 is 10.8 Å². The van der Waals surface area contributed by atoms with Crippen molar-refractivity contribution in [2.24, 2.45) is 5.73 Å². The number of hydrogen-bond acceptors (Lipinski definition) is 7. The Labute approximate surface area is 184 Å². The molecule has 170 valence electrons. The lowest BCUT2D eigenvalue weighted by molar-refractivity contribution is 0.0845. The van der Waals surface area contributed by atoms with Crippen LogP contribution in [0, 0.1) is 0 Å². The highest BCUT2D eigenvalue weighted by molar-refractivity contribution is 8.25. The minimum absolute atomic E-state index is 0.0106. The molecule has 0 spiro atoms. The molecule has 0 radical (unpaired) electrons. The summed E-state index contributed by atoms with van der Waals surface area (Å²) in [6.45, 7) is 2.74. The number of rotatable bonds is 9. The highest BCUT2D eigenvalue weighted by atomic mass is 32.3. The normalized spacial score (nSPS) is 18.3. The first kappa shape index (κ1) is 23.4. The van der Waals surface area contributed by atoms with Crippen LogP contribution in [-0.4, -0.2) is 57.7 Å². The second kappa shape index (κ2) is 10.3. The van der Waals surface area contributed by atoms with E-state index in [1.807, 2.05) is 37.3 Å². The predicted molar refractivity (Wildman–Crippen MR) is 124 cm³/mol. The molecule has 2 atom stereocenters. The fourth-order valence-corrected chi connectivity index (χ4v) is 5.23. The van der Waals surface area contributed by atoms with Crippen LogP contribution in [0.15, 0.2) is 48.5 Å². The number of ether oxygens (including phenoxy) is 1. The number of aliphatic hydroxyl groups is 1. The second-order valence-corrected chi connectivity index (χ2v) is 9.63. The van der Waals surface area contributed by atoms with Crippen molar-refractivity contribution in [1.29, 1.82) is 0 Å². The summed E-state index contributed by atoms with van der Waals surface area (Å²) in [6.07, 6.45) is 0.171. The van der Waals surface area contributed by atoms with E-state index in [9.17, 15) is 19.0 Å². The molecule has 1 heterocycles. The molecule has 31 heavy (non-hydrogen) atoms. The van der Waals surface area contributed by atoms with Gasteiger partial charge >= 0.3 is 0 Å². The maximum atomic E-state index is 13.1. The number of aliphatic hydroxyl groups excluding tert-OH is 1. The summed E-state index contributed by atoms with van der Waals surface area (Å²) in [4.78, 5) is 13.1. The highest BCUT2D eigenvalue weighted by Gasteiger charge is 2.30. The zero-order valence-corrected chi connectivity index (χ0v) is 18.4. The van der Waals surface area contributed by atoms with Gasteiger partial charge in [-0.3, -0.25) is 18.2 Å². The van der Waals surface area contributed by atoms with Crippen LogP contribution in [0.1, 0.15) is 29.3 Å². The summed E-state index contributed by atoms with van der Waals surface area (Å²) >= 11 is 0. The van der Waals surface area contributed by atoms with Gasteiger partial charge in [0, 0.05) is 24.7 Å². The van der Waals surface area contributed by atoms with Crippen LogP contribution in [0.3, 0.4) is 0 Å². The van der Waals surface area contributed by atoms with E-state index >= 15 is 0 Å². The number of anilines is 1. The molecule has 1 saturated heterocycles. The van der Waals surface area contributed by atoms with Crippen molar-refractivity contribution < 1.29 is 23.7 Å². The molecule has 2 aromatic carbocycles. The van der Waals surface area contributed by atoms with Gasteiger partial charge in [0.15, 0.2) is 0 Å². The molecule has 9 heteroatoms. The van der Waals surface area contributed by atoms with Crippen molar-refractivity contribution in [3.63, 3.8) is 0 Å². The van der Waals surface area contributed by atoms with E-state index < -0.39 is 28.8 Å². The molecule has 1 aliphatic heterocycles. The summed E-state index contributed by atoms with van der Waals surface area (Å²) in [6, 6.07) is 13.9. The number of nitrogens with two attached hydrogens (primary N) is 1. The summed E-state index contributed by atoms with van der Waals surface area (Å²) < 4.78 is 27.8. The maximum absolute atomic E-state index is 13.1. The second-order valence-electron chi connectivity index (χ2n) is 7.51. The Morgan fingerprint density at radius 1 is 1.26 bits per heavy atom. The Morgan fingerprint density at radius 3 is 2.61 bits per heavy atom. The molecule has 2 aromatic rings. The topological polar surface area (TPSA) is 128 Å². The zero-order valence-electron chi connectivity index (χ0n) is 17.6. The monoisotopic (exact) mass is 449 g/mol. The number of benzene rings is 2. The third-order valence-electron chi connectivity index (χ3n) is 5.21. The van der Waals surface area contributed by atoms with Crippen LogP contribution < -0.4 is 20.1 Å². The molecule has 1 aliphatic rings. The Kier molecular flexibility index (Phi) is 7.79. The first-order valence-corrected chi connectivity index (χ1v) is 12.1. The molecule has 0 saturated carbocycles. The summed E-state index contributed by atoms with van der Waals surface area (Å²) in [5.74, 6) is 0.369. The average molecular weight is 450 g/mol. The van der Waals surface area contributed by atoms with Gasteiger partial charge in [-0.15, -0.1) is 10.8 Å². The number of hydrogen-bond donors (Lipinski definition) is 5. The number of nitrogens with one attached hydrogen (secondary N) is 1. The Hall–Kier alpha value is -2.30. The molecule has 0 aromatic heterocycles. The highest BCUT2D eigenvalue weighted by Crippen LogP contribution is 2.51. The van der Waals surface area contributed by atoms with E-state index in [0.29, 0.717) is 48.7 Å².